The molecule has 1 heterocycles. The van der Waals surface area contributed by atoms with E-state index in [1.165, 1.54) is 25.0 Å². The molecule has 0 aliphatic heterocycles. The van der Waals surface area contributed by atoms with Crippen LogP contribution in [0.3, 0.4) is 0 Å². The van der Waals surface area contributed by atoms with Crippen molar-refractivity contribution in [3.8, 4) is 39.2 Å². The summed E-state index contributed by atoms with van der Waals surface area (Å²) in [4.78, 5) is 24.9. The average molecular weight is 519 g/mol. The Bertz CT molecular complexity index is 1410. The van der Waals surface area contributed by atoms with Gasteiger partial charge in [-0.15, -0.1) is 11.3 Å². The Morgan fingerprint density at radius 1 is 0.838 bits per heavy atom. The van der Waals surface area contributed by atoms with Crippen LogP contribution in [-0.2, 0) is 4.79 Å². The highest BCUT2D eigenvalue weighted by Crippen LogP contribution is 2.42. The Balaban J connectivity index is 1.71. The first kappa shape index (κ1) is 25.8. The lowest BCUT2D eigenvalue weighted by molar-refractivity contribution is -0.109. The molecule has 0 unspecified atom stereocenters. The number of benzene rings is 3. The summed E-state index contributed by atoms with van der Waals surface area (Å²) >= 11 is 1.67. The second-order valence-corrected chi connectivity index (χ2v) is 8.91. The Morgan fingerprint density at radius 2 is 1.51 bits per heavy atom. The first-order valence-corrected chi connectivity index (χ1v) is 12.1. The summed E-state index contributed by atoms with van der Waals surface area (Å²) in [5.41, 5.74) is 1.95. The van der Waals surface area contributed by atoms with Crippen LogP contribution in [0.15, 0.2) is 60.7 Å². The number of hydrogen-bond acceptors (Lipinski definition) is 8. The number of ether oxygens (including phenoxy) is 5. The van der Waals surface area contributed by atoms with Gasteiger partial charge in [0.2, 0.25) is 5.75 Å². The molecular formula is C29H26O7S. The zero-order valence-electron chi connectivity index (χ0n) is 20.9. The van der Waals surface area contributed by atoms with Gasteiger partial charge in [0.15, 0.2) is 23.6 Å². The number of thiophene rings is 1. The van der Waals surface area contributed by atoms with Crippen molar-refractivity contribution in [2.45, 2.75) is 0 Å². The van der Waals surface area contributed by atoms with Crippen molar-refractivity contribution in [3.63, 3.8) is 0 Å². The third-order valence-corrected chi connectivity index (χ3v) is 6.85. The van der Waals surface area contributed by atoms with E-state index in [0.29, 0.717) is 28.9 Å². The molecule has 0 N–H and O–H groups in total. The van der Waals surface area contributed by atoms with E-state index >= 15 is 0 Å². The fraction of sp³-hybridized carbons (Fsp3) is 0.172. The lowest BCUT2D eigenvalue weighted by Crippen LogP contribution is -2.04. The third-order valence-electron chi connectivity index (χ3n) is 5.70. The highest BCUT2D eigenvalue weighted by atomic mass is 32.1. The van der Waals surface area contributed by atoms with Gasteiger partial charge in [-0.3, -0.25) is 9.59 Å². The summed E-state index contributed by atoms with van der Waals surface area (Å²) in [6, 6.07) is 17.1. The van der Waals surface area contributed by atoms with Gasteiger partial charge in [0.05, 0.1) is 28.4 Å². The van der Waals surface area contributed by atoms with Crippen LogP contribution in [0, 0.1) is 0 Å². The van der Waals surface area contributed by atoms with Crippen LogP contribution in [-0.4, -0.2) is 47.1 Å². The molecule has 0 fully saturated rings. The van der Waals surface area contributed by atoms with Gasteiger partial charge < -0.3 is 23.7 Å². The monoisotopic (exact) mass is 518 g/mol. The summed E-state index contributed by atoms with van der Waals surface area (Å²) in [6.07, 6.45) is 3.78. The van der Waals surface area contributed by atoms with Crippen LogP contribution >= 0.6 is 11.3 Å². The second-order valence-electron chi connectivity index (χ2n) is 7.83. The van der Waals surface area contributed by atoms with Crippen molar-refractivity contribution < 1.29 is 33.3 Å². The smallest absolute Gasteiger partial charge is 0.204 e. The van der Waals surface area contributed by atoms with Gasteiger partial charge >= 0.3 is 0 Å². The van der Waals surface area contributed by atoms with Crippen LogP contribution in [0.2, 0.25) is 0 Å². The summed E-state index contributed by atoms with van der Waals surface area (Å²) < 4.78 is 28.5. The minimum atomic E-state index is -0.278. The fourth-order valence-corrected chi connectivity index (χ4v) is 4.99. The highest BCUT2D eigenvalue weighted by molar-refractivity contribution is 7.22. The van der Waals surface area contributed by atoms with Gasteiger partial charge in [0, 0.05) is 32.3 Å². The number of carbonyl (C=O) groups excluding carboxylic acids is 2. The van der Waals surface area contributed by atoms with Gasteiger partial charge in [0.25, 0.3) is 0 Å². The lowest BCUT2D eigenvalue weighted by Gasteiger charge is -2.14. The average Bonchev–Trinajstić information content (AvgIpc) is 3.38. The minimum Gasteiger partial charge on any atom is -0.496 e. The number of hydrogen-bond donors (Lipinski definition) is 0. The fourth-order valence-electron chi connectivity index (χ4n) is 3.90. The first-order valence-electron chi connectivity index (χ1n) is 11.3. The van der Waals surface area contributed by atoms with Gasteiger partial charge in [-0.25, -0.2) is 0 Å². The zero-order valence-corrected chi connectivity index (χ0v) is 21.7. The summed E-state index contributed by atoms with van der Waals surface area (Å²) in [5, 5.41) is 1.15. The molecule has 3 aromatic carbocycles. The Morgan fingerprint density at radius 3 is 2.14 bits per heavy atom. The second kappa shape index (κ2) is 11.6. The van der Waals surface area contributed by atoms with Crippen molar-refractivity contribution in [3.05, 3.63) is 71.8 Å². The number of carbonyl (C=O) groups is 2. The van der Waals surface area contributed by atoms with Gasteiger partial charge in [-0.2, -0.15) is 0 Å². The Hall–Kier alpha value is -4.30. The molecule has 0 saturated carbocycles. The summed E-state index contributed by atoms with van der Waals surface area (Å²) in [7, 11) is 6.09. The molecule has 37 heavy (non-hydrogen) atoms. The normalized spacial score (nSPS) is 10.9. The third kappa shape index (κ3) is 5.44. The topological polar surface area (TPSA) is 80.3 Å². The van der Waals surface area contributed by atoms with Crippen molar-refractivity contribution in [1.82, 2.24) is 0 Å². The molecule has 190 valence electrons. The number of methoxy groups -OCH3 is 4. The van der Waals surface area contributed by atoms with E-state index in [2.05, 4.69) is 18.2 Å². The zero-order chi connectivity index (χ0) is 26.4. The van der Waals surface area contributed by atoms with Crippen LogP contribution in [0.1, 0.15) is 15.9 Å². The molecule has 7 nitrogen and oxygen atoms in total. The number of rotatable bonds is 11. The molecule has 0 atom stereocenters. The largest absolute Gasteiger partial charge is 0.496 e. The van der Waals surface area contributed by atoms with Crippen LogP contribution in [0.5, 0.6) is 28.7 Å². The SMILES string of the molecule is COc1cc(OC)c(-c2cc3ccccc3s2)cc1/C=C/C(=O)c1cc(OC)c(OCC=O)c(OC)c1. The number of allylic oxidation sites excluding steroid dienone is 1. The maximum Gasteiger partial charge on any atom is 0.204 e. The molecular weight excluding hydrogens is 492 g/mol. The standard InChI is InChI=1S/C29H26O7S/c1-32-23-17-24(33-2)21(28-16-19-7-5-6-8-27(19)37-28)13-18(23)9-10-22(31)20-14-25(34-3)29(36-12-11-30)26(15-20)35-4/h5-11,13-17H,12H2,1-4H3/b10-9+. The molecule has 0 aliphatic carbocycles. The van der Waals surface area contributed by atoms with Crippen molar-refractivity contribution in [2.24, 2.45) is 0 Å². The van der Waals surface area contributed by atoms with E-state index < -0.39 is 0 Å². The maximum atomic E-state index is 13.1. The number of aldehydes is 1. The highest BCUT2D eigenvalue weighted by Gasteiger charge is 2.18. The predicted molar refractivity (Wildman–Crippen MR) is 145 cm³/mol. The van der Waals surface area contributed by atoms with Crippen molar-refractivity contribution in [2.75, 3.05) is 35.0 Å². The van der Waals surface area contributed by atoms with E-state index in [4.69, 9.17) is 23.7 Å². The minimum absolute atomic E-state index is 0.167. The first-order chi connectivity index (χ1) is 18.0. The van der Waals surface area contributed by atoms with E-state index in [-0.39, 0.29) is 29.6 Å². The predicted octanol–water partition coefficient (Wildman–Crippen LogP) is 6.08. The van der Waals surface area contributed by atoms with Gasteiger partial charge in [0.1, 0.15) is 18.1 Å². The Labute approximate surface area is 218 Å². The molecule has 0 aliphatic rings. The van der Waals surface area contributed by atoms with Crippen molar-refractivity contribution in [1.29, 1.82) is 0 Å². The van der Waals surface area contributed by atoms with Gasteiger partial charge in [-0.05, 0) is 47.9 Å². The lowest BCUT2D eigenvalue weighted by atomic mass is 10.0. The molecule has 0 bridgehead atoms. The van der Waals surface area contributed by atoms with E-state index in [1.807, 2.05) is 24.3 Å². The van der Waals surface area contributed by atoms with Crippen LogP contribution in [0.4, 0.5) is 0 Å². The molecule has 4 aromatic rings. The Kier molecular flexibility index (Phi) is 8.10. The van der Waals surface area contributed by atoms with E-state index in [9.17, 15) is 9.59 Å². The maximum absolute atomic E-state index is 13.1. The number of fused-ring (bicyclic) bond motifs is 1. The summed E-state index contributed by atoms with van der Waals surface area (Å²) in [5.74, 6) is 1.78. The van der Waals surface area contributed by atoms with Crippen LogP contribution in [0.25, 0.3) is 26.6 Å². The van der Waals surface area contributed by atoms with Gasteiger partial charge in [-0.1, -0.05) is 18.2 Å². The van der Waals surface area contributed by atoms with E-state index in [1.54, 1.807) is 43.8 Å². The molecule has 0 saturated heterocycles. The molecule has 8 heteroatoms. The molecule has 0 spiro atoms. The molecule has 4 rings (SSSR count). The van der Waals surface area contributed by atoms with Crippen LogP contribution < -0.4 is 23.7 Å². The molecule has 0 radical (unpaired) electrons. The quantitative estimate of drug-likeness (QED) is 0.135. The molecule has 0 amide bonds. The number of ketones is 1. The van der Waals surface area contributed by atoms with Crippen molar-refractivity contribution >= 4 is 39.6 Å². The summed E-state index contributed by atoms with van der Waals surface area (Å²) in [6.45, 7) is -0.167. The van der Waals surface area contributed by atoms with E-state index in [0.717, 1.165) is 15.8 Å². The molecule has 1 aromatic heterocycles.